The molecule has 0 saturated heterocycles. The van der Waals surface area contributed by atoms with Crippen LogP contribution in [-0.4, -0.2) is 47.3 Å². The van der Waals surface area contributed by atoms with Crippen molar-refractivity contribution in [3.05, 3.63) is 35.6 Å². The number of nitrogens with one attached hydrogen (secondary N) is 3. The molecule has 2 amide bonds. The van der Waals surface area contributed by atoms with Crippen molar-refractivity contribution in [2.24, 2.45) is 0 Å². The Morgan fingerprint density at radius 2 is 1.76 bits per heavy atom. The molecule has 1 unspecified atom stereocenters. The third kappa shape index (κ3) is 9.26. The largest absolute Gasteiger partial charge is 0.480 e. The molecule has 25 heavy (non-hydrogen) atoms. The average molecular weight is 355 g/mol. The van der Waals surface area contributed by atoms with Gasteiger partial charge >= 0.3 is 18.0 Å². The molecular formula is C16H22FN3O5. The molecule has 0 fully saturated rings. The van der Waals surface area contributed by atoms with E-state index in [1.807, 2.05) is 5.32 Å². The van der Waals surface area contributed by atoms with Crippen molar-refractivity contribution in [1.29, 1.82) is 0 Å². The second-order valence-electron chi connectivity index (χ2n) is 5.41. The molecule has 5 N–H and O–H groups in total. The van der Waals surface area contributed by atoms with E-state index in [-0.39, 0.29) is 12.2 Å². The number of aliphatic carboxylic acids is 2. The maximum atomic E-state index is 12.8. The average Bonchev–Trinajstić information content (AvgIpc) is 2.56. The van der Waals surface area contributed by atoms with E-state index in [1.54, 1.807) is 12.1 Å². The zero-order valence-corrected chi connectivity index (χ0v) is 13.6. The molecule has 0 aliphatic rings. The molecule has 1 aromatic carbocycles. The first-order chi connectivity index (χ1) is 11.9. The highest BCUT2D eigenvalue weighted by atomic mass is 19.1. The van der Waals surface area contributed by atoms with Gasteiger partial charge in [-0.25, -0.2) is 14.0 Å². The molecule has 0 aliphatic carbocycles. The van der Waals surface area contributed by atoms with Crippen LogP contribution in [0.25, 0.3) is 0 Å². The molecule has 1 aromatic rings. The predicted octanol–water partition coefficient (Wildman–Crippen LogP) is 0.923. The minimum atomic E-state index is -1.21. The molecular weight excluding hydrogens is 333 g/mol. The molecule has 8 nitrogen and oxygen atoms in total. The first-order valence-corrected chi connectivity index (χ1v) is 7.82. The summed E-state index contributed by atoms with van der Waals surface area (Å²) < 4.78 is 12.8. The topological polar surface area (TPSA) is 128 Å². The summed E-state index contributed by atoms with van der Waals surface area (Å²) in [5.74, 6) is -2.68. The molecule has 0 aliphatic heterocycles. The minimum absolute atomic E-state index is 0.230. The highest BCUT2D eigenvalue weighted by Gasteiger charge is 2.19. The van der Waals surface area contributed by atoms with Crippen molar-refractivity contribution in [3.8, 4) is 0 Å². The summed E-state index contributed by atoms with van der Waals surface area (Å²) in [5.41, 5.74) is 0.946. The van der Waals surface area contributed by atoms with E-state index in [9.17, 15) is 18.8 Å². The molecule has 138 valence electrons. The number of carboxylic acid groups (broad SMARTS) is 2. The van der Waals surface area contributed by atoms with Gasteiger partial charge in [0.2, 0.25) is 0 Å². The van der Waals surface area contributed by atoms with E-state index in [0.717, 1.165) is 5.56 Å². The number of rotatable bonds is 11. The monoisotopic (exact) mass is 355 g/mol. The summed E-state index contributed by atoms with van der Waals surface area (Å²) in [6, 6.07) is 4.23. The second kappa shape index (κ2) is 11.0. The van der Waals surface area contributed by atoms with Crippen LogP contribution in [0.5, 0.6) is 0 Å². The van der Waals surface area contributed by atoms with E-state index in [2.05, 4.69) is 10.6 Å². The predicted molar refractivity (Wildman–Crippen MR) is 87.6 cm³/mol. The number of carboxylic acids is 2. The number of unbranched alkanes of at least 4 members (excludes halogenated alkanes) is 1. The van der Waals surface area contributed by atoms with Gasteiger partial charge < -0.3 is 26.2 Å². The number of benzene rings is 1. The summed E-state index contributed by atoms with van der Waals surface area (Å²) in [4.78, 5) is 32.8. The van der Waals surface area contributed by atoms with Crippen LogP contribution in [0.2, 0.25) is 0 Å². The summed E-state index contributed by atoms with van der Waals surface area (Å²) in [7, 11) is 0. The minimum Gasteiger partial charge on any atom is -0.480 e. The number of amides is 2. The maximum Gasteiger partial charge on any atom is 0.326 e. The molecule has 0 aromatic heterocycles. The van der Waals surface area contributed by atoms with Gasteiger partial charge in [0, 0.05) is 6.54 Å². The fraction of sp³-hybridized carbons (Fsp3) is 0.438. The third-order valence-corrected chi connectivity index (χ3v) is 3.34. The van der Waals surface area contributed by atoms with Crippen molar-refractivity contribution in [3.63, 3.8) is 0 Å². The standard InChI is InChI=1S/C16H22FN3O5/c17-12-6-4-11(5-7-12)9-18-8-2-1-3-13(15(23)24)20-16(25)19-10-14(21)22/h4-7,13,18H,1-3,8-10H2,(H,21,22)(H,23,24)(H2,19,20,25). The van der Waals surface area contributed by atoms with Crippen LogP contribution in [0.4, 0.5) is 9.18 Å². The molecule has 0 spiro atoms. The number of halogens is 1. The Kier molecular flexibility index (Phi) is 8.94. The Balaban J connectivity index is 2.19. The molecule has 1 rings (SSSR count). The van der Waals surface area contributed by atoms with E-state index in [4.69, 9.17) is 10.2 Å². The Morgan fingerprint density at radius 1 is 1.08 bits per heavy atom. The number of urea groups is 1. The second-order valence-corrected chi connectivity index (χ2v) is 5.41. The fourth-order valence-electron chi connectivity index (χ4n) is 2.06. The molecule has 0 heterocycles. The van der Waals surface area contributed by atoms with Crippen LogP contribution >= 0.6 is 0 Å². The SMILES string of the molecule is O=C(O)CNC(=O)NC(CCCCNCc1ccc(F)cc1)C(=O)O. The Bertz CT molecular complexity index is 580. The number of hydrogen-bond acceptors (Lipinski definition) is 4. The quantitative estimate of drug-likeness (QED) is 0.376. The molecule has 9 heteroatoms. The van der Waals surface area contributed by atoms with Crippen molar-refractivity contribution >= 4 is 18.0 Å². The van der Waals surface area contributed by atoms with E-state index < -0.39 is 30.6 Å². The summed E-state index contributed by atoms with van der Waals surface area (Å²) >= 11 is 0. The van der Waals surface area contributed by atoms with Gasteiger partial charge in [0.1, 0.15) is 18.4 Å². The zero-order valence-electron chi connectivity index (χ0n) is 13.6. The lowest BCUT2D eigenvalue weighted by molar-refractivity contribution is -0.139. The van der Waals surface area contributed by atoms with Crippen molar-refractivity contribution in [2.45, 2.75) is 31.8 Å². The highest BCUT2D eigenvalue weighted by Crippen LogP contribution is 2.04. The van der Waals surface area contributed by atoms with Crippen molar-refractivity contribution < 1.29 is 29.0 Å². The lowest BCUT2D eigenvalue weighted by atomic mass is 10.1. The summed E-state index contributed by atoms with van der Waals surface area (Å²) in [6.45, 7) is 0.652. The van der Waals surface area contributed by atoms with Gasteiger partial charge in [0.25, 0.3) is 0 Å². The van der Waals surface area contributed by atoms with Crippen molar-refractivity contribution in [1.82, 2.24) is 16.0 Å². The van der Waals surface area contributed by atoms with Gasteiger partial charge in [-0.05, 0) is 43.5 Å². The Hall–Kier alpha value is -2.68. The van der Waals surface area contributed by atoms with Crippen LogP contribution in [0.15, 0.2) is 24.3 Å². The molecule has 1 atom stereocenters. The lowest BCUT2D eigenvalue weighted by Crippen LogP contribution is -2.47. The normalized spacial score (nSPS) is 11.6. The summed E-state index contributed by atoms with van der Waals surface area (Å²) in [5, 5.41) is 24.9. The van der Waals surface area contributed by atoms with E-state index in [1.165, 1.54) is 12.1 Å². The number of hydrogen-bond donors (Lipinski definition) is 5. The third-order valence-electron chi connectivity index (χ3n) is 3.34. The lowest BCUT2D eigenvalue weighted by Gasteiger charge is -2.14. The van der Waals surface area contributed by atoms with Crippen LogP contribution < -0.4 is 16.0 Å². The summed E-state index contributed by atoms with van der Waals surface area (Å²) in [6.07, 6.45) is 1.49. The first-order valence-electron chi connectivity index (χ1n) is 7.82. The number of carbonyl (C=O) groups excluding carboxylic acids is 1. The van der Waals surface area contributed by atoms with Gasteiger partial charge in [-0.15, -0.1) is 0 Å². The Morgan fingerprint density at radius 3 is 2.36 bits per heavy atom. The maximum absolute atomic E-state index is 12.8. The van der Waals surface area contributed by atoms with Crippen LogP contribution in [0, 0.1) is 5.82 Å². The molecule has 0 bridgehead atoms. The van der Waals surface area contributed by atoms with Gasteiger partial charge in [0.15, 0.2) is 0 Å². The molecule has 0 saturated carbocycles. The van der Waals surface area contributed by atoms with E-state index in [0.29, 0.717) is 25.9 Å². The van der Waals surface area contributed by atoms with Crippen LogP contribution in [-0.2, 0) is 16.1 Å². The van der Waals surface area contributed by atoms with Gasteiger partial charge in [-0.2, -0.15) is 0 Å². The highest BCUT2D eigenvalue weighted by molar-refractivity contribution is 5.84. The van der Waals surface area contributed by atoms with Crippen LogP contribution in [0.1, 0.15) is 24.8 Å². The Labute approximate surface area is 144 Å². The molecule has 0 radical (unpaired) electrons. The zero-order chi connectivity index (χ0) is 18.7. The van der Waals surface area contributed by atoms with Crippen LogP contribution in [0.3, 0.4) is 0 Å². The van der Waals surface area contributed by atoms with Gasteiger partial charge in [-0.3, -0.25) is 4.79 Å². The van der Waals surface area contributed by atoms with Gasteiger partial charge in [0.05, 0.1) is 0 Å². The van der Waals surface area contributed by atoms with Crippen molar-refractivity contribution in [2.75, 3.05) is 13.1 Å². The smallest absolute Gasteiger partial charge is 0.326 e. The first kappa shape index (κ1) is 20.4. The van der Waals surface area contributed by atoms with E-state index >= 15 is 0 Å². The number of carbonyl (C=O) groups is 3. The fourth-order valence-corrected chi connectivity index (χ4v) is 2.06. The van der Waals surface area contributed by atoms with Gasteiger partial charge in [-0.1, -0.05) is 12.1 Å².